The summed E-state index contributed by atoms with van der Waals surface area (Å²) in [6.45, 7) is 0. The van der Waals surface area contributed by atoms with Crippen LogP contribution in [0.15, 0.2) is 119 Å². The molecule has 0 bridgehead atoms. The van der Waals surface area contributed by atoms with Gasteiger partial charge in [-0.05, 0) is 60.5 Å². The zero-order valence-electron chi connectivity index (χ0n) is 22.3. The van der Waals surface area contributed by atoms with Gasteiger partial charge in [-0.15, -0.1) is 0 Å². The average Bonchev–Trinajstić information content (AvgIpc) is 3.48. The summed E-state index contributed by atoms with van der Waals surface area (Å²) in [5, 5.41) is 4.87. The van der Waals surface area contributed by atoms with Gasteiger partial charge in [-0.25, -0.2) is 4.99 Å². The van der Waals surface area contributed by atoms with Crippen molar-refractivity contribution < 1.29 is 4.42 Å². The molecule has 3 aromatic heterocycles. The van der Waals surface area contributed by atoms with Gasteiger partial charge >= 0.3 is 0 Å². The Labute approximate surface area is 236 Å². The van der Waals surface area contributed by atoms with Crippen LogP contribution < -0.4 is 0 Å². The summed E-state index contributed by atoms with van der Waals surface area (Å²) in [7, 11) is 0. The van der Waals surface area contributed by atoms with Crippen molar-refractivity contribution in [3.05, 3.63) is 126 Å². The number of nitrogens with zero attached hydrogens (tertiary/aromatic N) is 3. The molecule has 0 N–H and O–H groups in total. The normalized spacial score (nSPS) is 14.5. The molecule has 2 aliphatic rings. The highest BCUT2D eigenvalue weighted by molar-refractivity contribution is 6.12. The summed E-state index contributed by atoms with van der Waals surface area (Å²) in [6.07, 6.45) is 14.6. The molecular formula is C37H25N3O. The van der Waals surface area contributed by atoms with E-state index in [1.165, 1.54) is 49.7 Å². The number of para-hydroxylation sites is 3. The van der Waals surface area contributed by atoms with Gasteiger partial charge in [-0.2, -0.15) is 0 Å². The van der Waals surface area contributed by atoms with E-state index in [9.17, 15) is 0 Å². The number of aromatic nitrogens is 2. The van der Waals surface area contributed by atoms with Crippen LogP contribution in [-0.2, 0) is 6.42 Å². The van der Waals surface area contributed by atoms with Crippen LogP contribution >= 0.6 is 0 Å². The summed E-state index contributed by atoms with van der Waals surface area (Å²) >= 11 is 0. The Morgan fingerprint density at radius 1 is 0.659 bits per heavy atom. The lowest BCUT2D eigenvalue weighted by Gasteiger charge is -2.11. The van der Waals surface area contributed by atoms with Gasteiger partial charge in [0.25, 0.3) is 0 Å². The Morgan fingerprint density at radius 3 is 2.15 bits per heavy atom. The largest absolute Gasteiger partial charge is 0.438 e. The minimum atomic E-state index is 0.660. The van der Waals surface area contributed by atoms with Crippen molar-refractivity contribution in [3.8, 4) is 5.69 Å². The van der Waals surface area contributed by atoms with Crippen molar-refractivity contribution in [3.63, 3.8) is 0 Å². The monoisotopic (exact) mass is 527 g/mol. The molecule has 0 spiro atoms. The van der Waals surface area contributed by atoms with E-state index in [2.05, 4.69) is 131 Å². The van der Waals surface area contributed by atoms with Crippen LogP contribution in [-0.4, -0.2) is 15.3 Å². The van der Waals surface area contributed by atoms with E-state index in [1.807, 2.05) is 6.21 Å². The molecule has 194 valence electrons. The maximum atomic E-state index is 6.32. The molecule has 0 radical (unpaired) electrons. The molecule has 9 rings (SSSR count). The fourth-order valence-corrected chi connectivity index (χ4v) is 6.71. The number of allylic oxidation sites excluding steroid dienone is 4. The van der Waals surface area contributed by atoms with Crippen molar-refractivity contribution in [2.45, 2.75) is 12.8 Å². The Balaban J connectivity index is 1.29. The van der Waals surface area contributed by atoms with Gasteiger partial charge in [0.15, 0.2) is 0 Å². The van der Waals surface area contributed by atoms with Gasteiger partial charge in [0, 0.05) is 51.1 Å². The van der Waals surface area contributed by atoms with Crippen molar-refractivity contribution in [2.75, 3.05) is 0 Å². The van der Waals surface area contributed by atoms with Crippen LogP contribution in [0.25, 0.3) is 67.2 Å². The third kappa shape index (κ3) is 3.25. The minimum absolute atomic E-state index is 0.660. The highest BCUT2D eigenvalue weighted by atomic mass is 16.3. The molecule has 41 heavy (non-hydrogen) atoms. The molecule has 4 heterocycles. The molecule has 4 aromatic carbocycles. The fourth-order valence-electron chi connectivity index (χ4n) is 6.71. The van der Waals surface area contributed by atoms with Gasteiger partial charge < -0.3 is 13.6 Å². The lowest BCUT2D eigenvalue weighted by atomic mass is 10.1. The molecule has 4 heteroatoms. The maximum Gasteiger partial charge on any atom is 0.227 e. The standard InChI is InChI=1S/C37H25N3O/c1-2-10-26-27-11-4-7-15-33(27)39(32(26)14-3-1)24-18-19-36-30(22-24)31-23-25(20-21-38-37(31)41-36)40-34-16-8-5-12-28(34)29-13-6-9-17-35(29)40/h1-9,11-19,21-23H,10,20H2. The first-order valence-electron chi connectivity index (χ1n) is 14.1. The molecule has 0 fully saturated rings. The van der Waals surface area contributed by atoms with Crippen LogP contribution in [0.3, 0.4) is 0 Å². The summed E-state index contributed by atoms with van der Waals surface area (Å²) in [5.41, 5.74) is 10.4. The second-order valence-electron chi connectivity index (χ2n) is 10.7. The topological polar surface area (TPSA) is 35.4 Å². The quantitative estimate of drug-likeness (QED) is 0.220. The number of hydrogen-bond acceptors (Lipinski definition) is 2. The first-order valence-corrected chi connectivity index (χ1v) is 14.1. The molecular weight excluding hydrogens is 502 g/mol. The molecule has 0 saturated heterocycles. The Kier molecular flexibility index (Phi) is 4.70. The number of aliphatic imine (C=N–C) groups is 1. The SMILES string of the molecule is C1=CCc2c(n(-c3ccc4oc5c(c4c3)C=C(n3c4ccccc4c4ccccc43)CC=N5)c3ccccc23)C=C1. The molecule has 1 aliphatic carbocycles. The first kappa shape index (κ1) is 22.5. The van der Waals surface area contributed by atoms with Crippen molar-refractivity contribution in [2.24, 2.45) is 4.99 Å². The zero-order valence-corrected chi connectivity index (χ0v) is 22.3. The van der Waals surface area contributed by atoms with E-state index in [-0.39, 0.29) is 0 Å². The van der Waals surface area contributed by atoms with E-state index >= 15 is 0 Å². The summed E-state index contributed by atoms with van der Waals surface area (Å²) in [5.74, 6) is 0.660. The second kappa shape index (κ2) is 8.57. The molecule has 7 aromatic rings. The predicted molar refractivity (Wildman–Crippen MR) is 171 cm³/mol. The maximum absolute atomic E-state index is 6.32. The molecule has 0 atom stereocenters. The van der Waals surface area contributed by atoms with E-state index in [4.69, 9.17) is 9.41 Å². The van der Waals surface area contributed by atoms with Crippen LogP contribution in [0.4, 0.5) is 5.88 Å². The molecule has 0 saturated carbocycles. The van der Waals surface area contributed by atoms with E-state index in [0.29, 0.717) is 12.3 Å². The van der Waals surface area contributed by atoms with Crippen LogP contribution in [0.5, 0.6) is 0 Å². The van der Waals surface area contributed by atoms with Gasteiger partial charge in [-0.3, -0.25) is 0 Å². The number of benzene rings is 4. The number of fused-ring (bicyclic) bond motifs is 9. The number of furan rings is 1. The second-order valence-corrected chi connectivity index (χ2v) is 10.7. The van der Waals surface area contributed by atoms with Crippen molar-refractivity contribution in [1.29, 1.82) is 0 Å². The minimum Gasteiger partial charge on any atom is -0.438 e. The third-order valence-corrected chi connectivity index (χ3v) is 8.48. The highest BCUT2D eigenvalue weighted by Crippen LogP contribution is 2.41. The van der Waals surface area contributed by atoms with E-state index in [0.717, 1.165) is 28.6 Å². The third-order valence-electron chi connectivity index (χ3n) is 8.48. The van der Waals surface area contributed by atoms with Crippen molar-refractivity contribution >= 4 is 73.6 Å². The Hall–Kier alpha value is -5.35. The number of hydrogen-bond donors (Lipinski definition) is 0. The lowest BCUT2D eigenvalue weighted by Crippen LogP contribution is -1.98. The van der Waals surface area contributed by atoms with Gasteiger partial charge in [0.2, 0.25) is 5.88 Å². The molecule has 0 amide bonds. The van der Waals surface area contributed by atoms with Gasteiger partial charge in [-0.1, -0.05) is 72.8 Å². The zero-order chi connectivity index (χ0) is 26.9. The average molecular weight is 528 g/mol. The summed E-state index contributed by atoms with van der Waals surface area (Å²) < 4.78 is 11.1. The highest BCUT2D eigenvalue weighted by Gasteiger charge is 2.21. The van der Waals surface area contributed by atoms with E-state index in [1.54, 1.807) is 0 Å². The Bertz CT molecular complexity index is 2260. The van der Waals surface area contributed by atoms with Crippen LogP contribution in [0, 0.1) is 0 Å². The number of rotatable bonds is 2. The smallest absolute Gasteiger partial charge is 0.227 e. The Morgan fingerprint density at radius 2 is 1.37 bits per heavy atom. The van der Waals surface area contributed by atoms with Crippen LogP contribution in [0.1, 0.15) is 23.2 Å². The lowest BCUT2D eigenvalue weighted by molar-refractivity contribution is 0.625. The van der Waals surface area contributed by atoms with Gasteiger partial charge in [0.1, 0.15) is 5.58 Å². The molecule has 1 aliphatic heterocycles. The predicted octanol–water partition coefficient (Wildman–Crippen LogP) is 9.71. The molecule has 0 unspecified atom stereocenters. The summed E-state index contributed by atoms with van der Waals surface area (Å²) in [6, 6.07) is 32.5. The van der Waals surface area contributed by atoms with Crippen LogP contribution in [0.2, 0.25) is 0 Å². The summed E-state index contributed by atoms with van der Waals surface area (Å²) in [4.78, 5) is 4.79. The van der Waals surface area contributed by atoms with Gasteiger partial charge in [0.05, 0.1) is 22.2 Å². The fraction of sp³-hybridized carbons (Fsp3) is 0.0541. The first-order chi connectivity index (χ1) is 20.3. The van der Waals surface area contributed by atoms with E-state index < -0.39 is 0 Å². The van der Waals surface area contributed by atoms with Crippen molar-refractivity contribution in [1.82, 2.24) is 9.13 Å². The molecule has 4 nitrogen and oxygen atoms in total.